The van der Waals surface area contributed by atoms with Crippen LogP contribution in [0.5, 0.6) is 0 Å². The standard InChI is InChI=1S/C14H24N2O2/c1-2-6-15-14(11-3-4-11)12-5-7-16(8-12)9-13(18)10-17/h5,7-8,11,13-15,17-18H,2-4,6,9-10H2,1H3. The van der Waals surface area contributed by atoms with Crippen LogP contribution >= 0.6 is 0 Å². The lowest BCUT2D eigenvalue weighted by atomic mass is 10.1. The zero-order valence-corrected chi connectivity index (χ0v) is 11.0. The Morgan fingerprint density at radius 3 is 2.89 bits per heavy atom. The van der Waals surface area contributed by atoms with E-state index in [0.717, 1.165) is 18.9 Å². The number of aliphatic hydroxyl groups is 2. The quantitative estimate of drug-likeness (QED) is 0.653. The van der Waals surface area contributed by atoms with Gasteiger partial charge in [-0.15, -0.1) is 0 Å². The van der Waals surface area contributed by atoms with Gasteiger partial charge in [-0.25, -0.2) is 0 Å². The molecule has 0 bridgehead atoms. The van der Waals surface area contributed by atoms with E-state index in [1.807, 2.05) is 10.8 Å². The van der Waals surface area contributed by atoms with Crippen molar-refractivity contribution in [1.82, 2.24) is 9.88 Å². The summed E-state index contributed by atoms with van der Waals surface area (Å²) in [5.74, 6) is 0.773. The molecule has 0 saturated heterocycles. The van der Waals surface area contributed by atoms with E-state index in [9.17, 15) is 5.11 Å². The summed E-state index contributed by atoms with van der Waals surface area (Å²) in [7, 11) is 0. The van der Waals surface area contributed by atoms with Crippen molar-refractivity contribution >= 4 is 0 Å². The molecule has 0 aliphatic heterocycles. The maximum atomic E-state index is 9.44. The van der Waals surface area contributed by atoms with E-state index in [-0.39, 0.29) is 6.61 Å². The molecule has 1 aromatic heterocycles. The Labute approximate surface area is 109 Å². The van der Waals surface area contributed by atoms with Gasteiger partial charge in [0.25, 0.3) is 0 Å². The first-order chi connectivity index (χ1) is 8.74. The third kappa shape index (κ3) is 3.57. The number of rotatable bonds is 8. The third-order valence-corrected chi connectivity index (χ3v) is 3.47. The summed E-state index contributed by atoms with van der Waals surface area (Å²) in [6.07, 6.45) is 7.17. The minimum absolute atomic E-state index is 0.187. The van der Waals surface area contributed by atoms with Crippen LogP contribution in [0.25, 0.3) is 0 Å². The monoisotopic (exact) mass is 252 g/mol. The predicted octanol–water partition coefficient (Wildman–Crippen LogP) is 1.29. The number of hydrogen-bond donors (Lipinski definition) is 3. The van der Waals surface area contributed by atoms with Gasteiger partial charge in [0.2, 0.25) is 0 Å². The van der Waals surface area contributed by atoms with Crippen LogP contribution in [-0.2, 0) is 6.54 Å². The normalized spacial score (nSPS) is 18.8. The fraction of sp³-hybridized carbons (Fsp3) is 0.714. The van der Waals surface area contributed by atoms with Crippen molar-refractivity contribution in [1.29, 1.82) is 0 Å². The molecule has 2 atom stereocenters. The summed E-state index contributed by atoms with van der Waals surface area (Å²) >= 11 is 0. The Balaban J connectivity index is 1.97. The first-order valence-corrected chi connectivity index (χ1v) is 6.92. The molecule has 1 aromatic rings. The predicted molar refractivity (Wildman–Crippen MR) is 71.3 cm³/mol. The molecule has 0 radical (unpaired) electrons. The summed E-state index contributed by atoms with van der Waals surface area (Å²) in [5.41, 5.74) is 1.30. The average molecular weight is 252 g/mol. The van der Waals surface area contributed by atoms with Crippen molar-refractivity contribution in [2.45, 2.75) is 44.9 Å². The summed E-state index contributed by atoms with van der Waals surface area (Å²) < 4.78 is 1.96. The summed E-state index contributed by atoms with van der Waals surface area (Å²) in [5, 5.41) is 21.9. The molecule has 0 amide bonds. The highest BCUT2D eigenvalue weighted by molar-refractivity contribution is 5.18. The van der Waals surface area contributed by atoms with Gasteiger partial charge in [0, 0.05) is 18.4 Å². The molecule has 4 heteroatoms. The lowest BCUT2D eigenvalue weighted by Crippen LogP contribution is -2.23. The van der Waals surface area contributed by atoms with E-state index in [1.165, 1.54) is 18.4 Å². The molecule has 1 heterocycles. The van der Waals surface area contributed by atoms with Crippen molar-refractivity contribution in [2.24, 2.45) is 5.92 Å². The van der Waals surface area contributed by atoms with Crippen molar-refractivity contribution < 1.29 is 10.2 Å². The fourth-order valence-corrected chi connectivity index (χ4v) is 2.34. The Morgan fingerprint density at radius 1 is 1.50 bits per heavy atom. The lowest BCUT2D eigenvalue weighted by Gasteiger charge is -2.16. The van der Waals surface area contributed by atoms with E-state index in [2.05, 4.69) is 24.5 Å². The van der Waals surface area contributed by atoms with E-state index in [1.54, 1.807) is 0 Å². The highest BCUT2D eigenvalue weighted by atomic mass is 16.3. The molecule has 1 fully saturated rings. The Hall–Kier alpha value is -0.840. The fourth-order valence-electron chi connectivity index (χ4n) is 2.34. The number of aliphatic hydroxyl groups excluding tert-OH is 2. The molecule has 102 valence electrons. The zero-order chi connectivity index (χ0) is 13.0. The van der Waals surface area contributed by atoms with Crippen LogP contribution in [0.4, 0.5) is 0 Å². The van der Waals surface area contributed by atoms with Gasteiger partial charge in [0.15, 0.2) is 0 Å². The highest BCUT2D eigenvalue weighted by Gasteiger charge is 2.32. The van der Waals surface area contributed by atoms with Crippen molar-refractivity contribution in [3.8, 4) is 0 Å². The van der Waals surface area contributed by atoms with Crippen LogP contribution in [0.1, 0.15) is 37.8 Å². The second-order valence-corrected chi connectivity index (χ2v) is 5.25. The number of aromatic nitrogens is 1. The van der Waals surface area contributed by atoms with E-state index in [4.69, 9.17) is 5.11 Å². The van der Waals surface area contributed by atoms with Crippen LogP contribution in [0.2, 0.25) is 0 Å². The Bertz CT molecular complexity index is 360. The van der Waals surface area contributed by atoms with Crippen LogP contribution in [-0.4, -0.2) is 34.0 Å². The molecule has 1 saturated carbocycles. The molecule has 1 aliphatic rings. The topological polar surface area (TPSA) is 57.4 Å². The molecule has 3 N–H and O–H groups in total. The molecule has 4 nitrogen and oxygen atoms in total. The van der Waals surface area contributed by atoms with E-state index < -0.39 is 6.10 Å². The SMILES string of the molecule is CCCNC(c1ccn(CC(O)CO)c1)C1CC1. The van der Waals surface area contributed by atoms with Gasteiger partial charge in [-0.1, -0.05) is 6.92 Å². The number of nitrogens with zero attached hydrogens (tertiary/aromatic N) is 1. The smallest absolute Gasteiger partial charge is 0.0949 e. The Kier molecular flexibility index (Phi) is 4.80. The first kappa shape index (κ1) is 13.6. The van der Waals surface area contributed by atoms with Gasteiger partial charge in [-0.2, -0.15) is 0 Å². The van der Waals surface area contributed by atoms with Gasteiger partial charge in [-0.3, -0.25) is 0 Å². The summed E-state index contributed by atoms with van der Waals surface area (Å²) in [6.45, 7) is 3.50. The van der Waals surface area contributed by atoms with Crippen LogP contribution < -0.4 is 5.32 Å². The van der Waals surface area contributed by atoms with Crippen LogP contribution in [0, 0.1) is 5.92 Å². The summed E-state index contributed by atoms with van der Waals surface area (Å²) in [6, 6.07) is 2.58. The molecule has 0 aromatic carbocycles. The van der Waals surface area contributed by atoms with Crippen LogP contribution in [0.3, 0.4) is 0 Å². The minimum atomic E-state index is -0.673. The zero-order valence-electron chi connectivity index (χ0n) is 11.0. The van der Waals surface area contributed by atoms with E-state index in [0.29, 0.717) is 12.6 Å². The first-order valence-electron chi connectivity index (χ1n) is 6.92. The number of nitrogens with one attached hydrogen (secondary N) is 1. The van der Waals surface area contributed by atoms with Gasteiger partial charge < -0.3 is 20.1 Å². The number of hydrogen-bond acceptors (Lipinski definition) is 3. The minimum Gasteiger partial charge on any atom is -0.394 e. The van der Waals surface area contributed by atoms with Gasteiger partial charge >= 0.3 is 0 Å². The molecular weight excluding hydrogens is 228 g/mol. The average Bonchev–Trinajstić information content (AvgIpc) is 3.11. The maximum Gasteiger partial charge on any atom is 0.0949 e. The van der Waals surface area contributed by atoms with Crippen molar-refractivity contribution in [3.63, 3.8) is 0 Å². The van der Waals surface area contributed by atoms with Gasteiger partial charge in [0.05, 0.1) is 19.3 Å². The molecule has 2 unspecified atom stereocenters. The molecule has 2 rings (SSSR count). The second-order valence-electron chi connectivity index (χ2n) is 5.25. The highest BCUT2D eigenvalue weighted by Crippen LogP contribution is 2.41. The van der Waals surface area contributed by atoms with Crippen LogP contribution in [0.15, 0.2) is 18.5 Å². The molecule has 18 heavy (non-hydrogen) atoms. The van der Waals surface area contributed by atoms with Gasteiger partial charge in [-0.05, 0) is 43.4 Å². The lowest BCUT2D eigenvalue weighted by molar-refractivity contribution is 0.0812. The molecule has 0 spiro atoms. The van der Waals surface area contributed by atoms with Crippen molar-refractivity contribution in [3.05, 3.63) is 24.0 Å². The maximum absolute atomic E-state index is 9.44. The van der Waals surface area contributed by atoms with E-state index >= 15 is 0 Å². The largest absolute Gasteiger partial charge is 0.394 e. The van der Waals surface area contributed by atoms with Gasteiger partial charge in [0.1, 0.15) is 0 Å². The molecular formula is C14H24N2O2. The second kappa shape index (κ2) is 6.36. The molecule has 1 aliphatic carbocycles. The Morgan fingerprint density at radius 2 is 2.28 bits per heavy atom. The summed E-state index contributed by atoms with van der Waals surface area (Å²) in [4.78, 5) is 0. The van der Waals surface area contributed by atoms with Crippen molar-refractivity contribution in [2.75, 3.05) is 13.2 Å². The third-order valence-electron chi connectivity index (χ3n) is 3.47.